The highest BCUT2D eigenvalue weighted by molar-refractivity contribution is 6.17. The van der Waals surface area contributed by atoms with Crippen molar-refractivity contribution >= 4 is 17.5 Å². The fourth-order valence-electron chi connectivity index (χ4n) is 3.30. The summed E-state index contributed by atoms with van der Waals surface area (Å²) in [6.45, 7) is 0.837. The maximum absolute atomic E-state index is 11.9. The standard InChI is InChI=1S/C13H22ClNO/c14-6-2-1-3-7-15-13(16)12-9-10-4-5-11(12)8-10/h10-12H,1-9H2,(H,15,16). The number of hydrogen-bond acceptors (Lipinski definition) is 1. The maximum Gasteiger partial charge on any atom is 0.223 e. The minimum atomic E-state index is 0.318. The molecule has 0 radical (unpaired) electrons. The summed E-state index contributed by atoms with van der Waals surface area (Å²) in [5.74, 6) is 2.95. The largest absolute Gasteiger partial charge is 0.356 e. The van der Waals surface area contributed by atoms with E-state index in [0.29, 0.717) is 17.7 Å². The quantitative estimate of drug-likeness (QED) is 0.564. The summed E-state index contributed by atoms with van der Waals surface area (Å²) < 4.78 is 0. The minimum absolute atomic E-state index is 0.318. The van der Waals surface area contributed by atoms with Gasteiger partial charge in [0.15, 0.2) is 0 Å². The van der Waals surface area contributed by atoms with Crippen molar-refractivity contribution in [3.05, 3.63) is 0 Å². The zero-order valence-electron chi connectivity index (χ0n) is 9.88. The van der Waals surface area contributed by atoms with Crippen molar-refractivity contribution in [3.8, 4) is 0 Å². The van der Waals surface area contributed by atoms with Gasteiger partial charge in [-0.25, -0.2) is 0 Å². The minimum Gasteiger partial charge on any atom is -0.356 e. The lowest BCUT2D eigenvalue weighted by Crippen LogP contribution is -2.34. The first kappa shape index (κ1) is 12.2. The number of carbonyl (C=O) groups excluding carboxylic acids is 1. The van der Waals surface area contributed by atoms with Crippen molar-refractivity contribution in [1.29, 1.82) is 0 Å². The first-order valence-corrected chi connectivity index (χ1v) is 7.18. The number of rotatable bonds is 6. The Morgan fingerprint density at radius 2 is 2.06 bits per heavy atom. The van der Waals surface area contributed by atoms with Gasteiger partial charge in [0.1, 0.15) is 0 Å². The molecule has 2 saturated carbocycles. The lowest BCUT2D eigenvalue weighted by molar-refractivity contribution is -0.126. The number of amides is 1. The van der Waals surface area contributed by atoms with Gasteiger partial charge in [0.05, 0.1) is 0 Å². The first-order chi connectivity index (χ1) is 7.81. The van der Waals surface area contributed by atoms with Crippen LogP contribution < -0.4 is 5.32 Å². The molecule has 0 aromatic rings. The monoisotopic (exact) mass is 243 g/mol. The number of hydrogen-bond donors (Lipinski definition) is 1. The predicted molar refractivity (Wildman–Crippen MR) is 66.5 cm³/mol. The highest BCUT2D eigenvalue weighted by Crippen LogP contribution is 2.48. The van der Waals surface area contributed by atoms with Crippen LogP contribution in [0.4, 0.5) is 0 Å². The second kappa shape index (κ2) is 5.90. The van der Waals surface area contributed by atoms with E-state index in [9.17, 15) is 4.79 Å². The van der Waals surface area contributed by atoms with E-state index in [0.717, 1.165) is 44.0 Å². The second-order valence-electron chi connectivity index (χ2n) is 5.32. The van der Waals surface area contributed by atoms with Crippen molar-refractivity contribution in [3.63, 3.8) is 0 Å². The van der Waals surface area contributed by atoms with Gasteiger partial charge in [-0.2, -0.15) is 0 Å². The van der Waals surface area contributed by atoms with Crippen molar-refractivity contribution < 1.29 is 4.79 Å². The van der Waals surface area contributed by atoms with E-state index in [4.69, 9.17) is 11.6 Å². The molecule has 2 bridgehead atoms. The smallest absolute Gasteiger partial charge is 0.223 e. The Balaban J connectivity index is 1.61. The molecule has 3 heteroatoms. The summed E-state index contributed by atoms with van der Waals surface area (Å²) in [5, 5.41) is 3.09. The Bertz CT molecular complexity index is 244. The van der Waals surface area contributed by atoms with E-state index < -0.39 is 0 Å². The molecule has 0 aliphatic heterocycles. The van der Waals surface area contributed by atoms with Crippen LogP contribution in [0.5, 0.6) is 0 Å². The Morgan fingerprint density at radius 3 is 2.69 bits per heavy atom. The summed E-state index contributed by atoms with van der Waals surface area (Å²) in [6, 6.07) is 0. The molecule has 2 rings (SSSR count). The third-order valence-corrected chi connectivity index (χ3v) is 4.45. The Morgan fingerprint density at radius 1 is 1.19 bits per heavy atom. The van der Waals surface area contributed by atoms with Crippen molar-refractivity contribution in [2.75, 3.05) is 12.4 Å². The van der Waals surface area contributed by atoms with Gasteiger partial charge in [-0.15, -0.1) is 11.6 Å². The highest BCUT2D eigenvalue weighted by atomic mass is 35.5. The molecule has 92 valence electrons. The summed E-state index contributed by atoms with van der Waals surface area (Å²) >= 11 is 5.60. The molecule has 2 fully saturated rings. The van der Waals surface area contributed by atoms with E-state index in [1.807, 2.05) is 0 Å². The summed E-state index contributed by atoms with van der Waals surface area (Å²) in [5.41, 5.74) is 0. The number of carbonyl (C=O) groups is 1. The zero-order chi connectivity index (χ0) is 11.4. The number of nitrogens with one attached hydrogen (secondary N) is 1. The van der Waals surface area contributed by atoms with Crippen LogP contribution in [0.25, 0.3) is 0 Å². The molecule has 0 saturated heterocycles. The number of fused-ring (bicyclic) bond motifs is 2. The van der Waals surface area contributed by atoms with Crippen LogP contribution in [0.3, 0.4) is 0 Å². The maximum atomic E-state index is 11.9. The molecular formula is C13H22ClNO. The fraction of sp³-hybridized carbons (Fsp3) is 0.923. The molecule has 2 aliphatic carbocycles. The van der Waals surface area contributed by atoms with Crippen LogP contribution >= 0.6 is 11.6 Å². The van der Waals surface area contributed by atoms with Crippen LogP contribution in [0.15, 0.2) is 0 Å². The molecule has 2 nitrogen and oxygen atoms in total. The van der Waals surface area contributed by atoms with Gasteiger partial charge >= 0.3 is 0 Å². The molecule has 0 aromatic heterocycles. The lowest BCUT2D eigenvalue weighted by atomic mass is 9.88. The lowest BCUT2D eigenvalue weighted by Gasteiger charge is -2.20. The normalized spacial score (nSPS) is 31.9. The topological polar surface area (TPSA) is 29.1 Å². The highest BCUT2D eigenvalue weighted by Gasteiger charge is 2.42. The summed E-state index contributed by atoms with van der Waals surface area (Å²) in [7, 11) is 0. The Hall–Kier alpha value is -0.240. The van der Waals surface area contributed by atoms with E-state index in [1.165, 1.54) is 19.3 Å². The molecule has 0 heterocycles. The van der Waals surface area contributed by atoms with E-state index >= 15 is 0 Å². The molecule has 3 atom stereocenters. The Kier molecular flexibility index (Phi) is 4.51. The molecule has 1 N–H and O–H groups in total. The third kappa shape index (κ3) is 2.91. The van der Waals surface area contributed by atoms with Crippen LogP contribution in [-0.4, -0.2) is 18.3 Å². The number of alkyl halides is 1. The summed E-state index contributed by atoms with van der Waals surface area (Å²) in [6.07, 6.45) is 8.37. The van der Waals surface area contributed by atoms with Gasteiger partial charge in [0.2, 0.25) is 5.91 Å². The fourth-order valence-corrected chi connectivity index (χ4v) is 3.49. The molecule has 2 aliphatic rings. The molecule has 16 heavy (non-hydrogen) atoms. The number of halogens is 1. The average Bonchev–Trinajstić information content (AvgIpc) is 2.90. The van der Waals surface area contributed by atoms with Gasteiger partial charge < -0.3 is 5.32 Å². The zero-order valence-corrected chi connectivity index (χ0v) is 10.6. The van der Waals surface area contributed by atoms with Gasteiger partial charge in [0, 0.05) is 18.3 Å². The van der Waals surface area contributed by atoms with Gasteiger partial charge in [0.25, 0.3) is 0 Å². The van der Waals surface area contributed by atoms with Crippen LogP contribution in [0.1, 0.15) is 44.9 Å². The SMILES string of the molecule is O=C(NCCCCCCl)C1CC2CCC1C2. The van der Waals surface area contributed by atoms with Crippen LogP contribution in [-0.2, 0) is 4.79 Å². The molecule has 3 unspecified atom stereocenters. The van der Waals surface area contributed by atoms with Gasteiger partial charge in [-0.3, -0.25) is 4.79 Å². The number of unbranched alkanes of at least 4 members (excludes halogenated alkanes) is 2. The molecular weight excluding hydrogens is 222 g/mol. The summed E-state index contributed by atoms with van der Waals surface area (Å²) in [4.78, 5) is 11.9. The van der Waals surface area contributed by atoms with E-state index in [2.05, 4.69) is 5.32 Å². The molecule has 1 amide bonds. The van der Waals surface area contributed by atoms with Gasteiger partial charge in [-0.1, -0.05) is 12.8 Å². The van der Waals surface area contributed by atoms with Gasteiger partial charge in [-0.05, 0) is 43.9 Å². The first-order valence-electron chi connectivity index (χ1n) is 6.65. The predicted octanol–water partition coefficient (Wildman–Crippen LogP) is 2.95. The van der Waals surface area contributed by atoms with Crippen molar-refractivity contribution in [2.24, 2.45) is 17.8 Å². The van der Waals surface area contributed by atoms with Crippen molar-refractivity contribution in [2.45, 2.75) is 44.9 Å². The van der Waals surface area contributed by atoms with E-state index in [1.54, 1.807) is 0 Å². The van der Waals surface area contributed by atoms with Crippen LogP contribution in [0, 0.1) is 17.8 Å². The van der Waals surface area contributed by atoms with E-state index in [-0.39, 0.29) is 0 Å². The Labute approximate surface area is 103 Å². The second-order valence-corrected chi connectivity index (χ2v) is 5.70. The van der Waals surface area contributed by atoms with Crippen molar-refractivity contribution in [1.82, 2.24) is 5.32 Å². The molecule has 0 spiro atoms. The van der Waals surface area contributed by atoms with Crippen LogP contribution in [0.2, 0.25) is 0 Å². The third-order valence-electron chi connectivity index (χ3n) is 4.18. The average molecular weight is 244 g/mol. The molecule has 0 aromatic carbocycles.